The summed E-state index contributed by atoms with van der Waals surface area (Å²) < 4.78 is 9.79. The van der Waals surface area contributed by atoms with E-state index in [1.807, 2.05) is 12.1 Å². The second-order valence-electron chi connectivity index (χ2n) is 2.84. The van der Waals surface area contributed by atoms with Gasteiger partial charge in [-0.15, -0.1) is 0 Å². The number of hydrogen-bond acceptors (Lipinski definition) is 4. The molecular formula is C10H13NO3. The van der Waals surface area contributed by atoms with Gasteiger partial charge < -0.3 is 9.47 Å². The van der Waals surface area contributed by atoms with Crippen LogP contribution in [0.1, 0.15) is 12.5 Å². The number of hydrogen-bond donors (Lipinski definition) is 0. The predicted molar refractivity (Wildman–Crippen MR) is 50.5 cm³/mol. The largest absolute Gasteiger partial charge is 0.467 e. The third-order valence-electron chi connectivity index (χ3n) is 1.76. The first-order valence-corrected chi connectivity index (χ1v) is 4.32. The maximum atomic E-state index is 11.0. The van der Waals surface area contributed by atoms with Gasteiger partial charge in [0.1, 0.15) is 0 Å². The van der Waals surface area contributed by atoms with E-state index in [0.717, 1.165) is 5.56 Å². The summed E-state index contributed by atoms with van der Waals surface area (Å²) in [6.45, 7) is 2.02. The number of nitrogens with zero attached hydrogens (tertiary/aromatic N) is 1. The molecule has 1 heterocycles. The zero-order valence-electron chi connectivity index (χ0n) is 8.27. The van der Waals surface area contributed by atoms with Gasteiger partial charge in [0.05, 0.1) is 13.7 Å². The lowest BCUT2D eigenvalue weighted by Crippen LogP contribution is -2.21. The summed E-state index contributed by atoms with van der Waals surface area (Å²) >= 11 is 0. The molecule has 4 nitrogen and oxygen atoms in total. The van der Waals surface area contributed by atoms with E-state index in [0.29, 0.717) is 6.61 Å². The fraction of sp³-hybridized carbons (Fsp3) is 0.400. The maximum Gasteiger partial charge on any atom is 0.334 e. The van der Waals surface area contributed by atoms with Crippen molar-refractivity contribution in [1.29, 1.82) is 0 Å². The summed E-state index contributed by atoms with van der Waals surface area (Å²) in [7, 11) is 1.34. The van der Waals surface area contributed by atoms with Crippen LogP contribution in [0.2, 0.25) is 0 Å². The lowest BCUT2D eigenvalue weighted by atomic mass is 10.3. The van der Waals surface area contributed by atoms with E-state index < -0.39 is 6.10 Å². The highest BCUT2D eigenvalue weighted by atomic mass is 16.6. The van der Waals surface area contributed by atoms with Crippen LogP contribution in [-0.2, 0) is 20.9 Å². The number of carbonyl (C=O) groups is 1. The Morgan fingerprint density at radius 3 is 3.00 bits per heavy atom. The van der Waals surface area contributed by atoms with Gasteiger partial charge in [-0.2, -0.15) is 0 Å². The van der Waals surface area contributed by atoms with E-state index in [9.17, 15) is 4.79 Å². The van der Waals surface area contributed by atoms with Crippen molar-refractivity contribution in [3.63, 3.8) is 0 Å². The summed E-state index contributed by atoms with van der Waals surface area (Å²) in [6, 6.07) is 3.71. The molecule has 0 amide bonds. The number of rotatable bonds is 4. The van der Waals surface area contributed by atoms with Crippen LogP contribution in [0.4, 0.5) is 0 Å². The molecule has 1 unspecified atom stereocenters. The van der Waals surface area contributed by atoms with Crippen molar-refractivity contribution >= 4 is 5.97 Å². The Balaban J connectivity index is 2.38. The van der Waals surface area contributed by atoms with Crippen LogP contribution in [0.3, 0.4) is 0 Å². The minimum atomic E-state index is -0.541. The lowest BCUT2D eigenvalue weighted by Gasteiger charge is -2.09. The quantitative estimate of drug-likeness (QED) is 0.676. The third kappa shape index (κ3) is 3.14. The average molecular weight is 195 g/mol. The lowest BCUT2D eigenvalue weighted by molar-refractivity contribution is -0.153. The Hall–Kier alpha value is -1.42. The van der Waals surface area contributed by atoms with E-state index in [1.54, 1.807) is 19.3 Å². The summed E-state index contributed by atoms with van der Waals surface area (Å²) in [5, 5.41) is 0. The van der Waals surface area contributed by atoms with E-state index in [-0.39, 0.29) is 5.97 Å². The van der Waals surface area contributed by atoms with Gasteiger partial charge in [-0.05, 0) is 18.6 Å². The van der Waals surface area contributed by atoms with Crippen molar-refractivity contribution < 1.29 is 14.3 Å². The van der Waals surface area contributed by atoms with Crippen molar-refractivity contribution in [3.8, 4) is 0 Å². The zero-order chi connectivity index (χ0) is 10.4. The molecule has 0 saturated heterocycles. The van der Waals surface area contributed by atoms with Gasteiger partial charge in [0.25, 0.3) is 0 Å². The number of esters is 1. The molecule has 1 rings (SSSR count). The molecule has 0 aliphatic carbocycles. The van der Waals surface area contributed by atoms with Crippen LogP contribution >= 0.6 is 0 Å². The summed E-state index contributed by atoms with van der Waals surface area (Å²) in [6.07, 6.45) is 2.84. The highest BCUT2D eigenvalue weighted by Gasteiger charge is 2.12. The van der Waals surface area contributed by atoms with Gasteiger partial charge in [0.15, 0.2) is 6.10 Å². The van der Waals surface area contributed by atoms with Gasteiger partial charge in [0, 0.05) is 12.4 Å². The second-order valence-corrected chi connectivity index (χ2v) is 2.84. The Morgan fingerprint density at radius 2 is 2.43 bits per heavy atom. The predicted octanol–water partition coefficient (Wildman–Crippen LogP) is 1.16. The molecule has 0 N–H and O–H groups in total. The number of ether oxygens (including phenoxy) is 2. The smallest absolute Gasteiger partial charge is 0.334 e. The number of carbonyl (C=O) groups excluding carboxylic acids is 1. The van der Waals surface area contributed by atoms with Crippen molar-refractivity contribution in [3.05, 3.63) is 30.1 Å². The van der Waals surface area contributed by atoms with Crippen LogP contribution < -0.4 is 0 Å². The second kappa shape index (κ2) is 5.34. The Labute approximate surface area is 82.9 Å². The van der Waals surface area contributed by atoms with E-state index in [4.69, 9.17) is 4.74 Å². The van der Waals surface area contributed by atoms with E-state index >= 15 is 0 Å². The van der Waals surface area contributed by atoms with Crippen LogP contribution in [0.5, 0.6) is 0 Å². The summed E-state index contributed by atoms with van der Waals surface area (Å²) in [5.41, 5.74) is 0.934. The van der Waals surface area contributed by atoms with Crippen molar-refractivity contribution in [2.45, 2.75) is 19.6 Å². The molecule has 76 valence electrons. The summed E-state index contributed by atoms with van der Waals surface area (Å²) in [5.74, 6) is -0.367. The first-order chi connectivity index (χ1) is 6.74. The molecule has 14 heavy (non-hydrogen) atoms. The normalized spacial score (nSPS) is 12.1. The zero-order valence-corrected chi connectivity index (χ0v) is 8.27. The first kappa shape index (κ1) is 10.7. The molecule has 1 aromatic rings. The standard InChI is InChI=1S/C10H13NO3/c1-8(10(12)13-2)14-7-9-4-3-5-11-6-9/h3-6,8H,7H2,1-2H3. The molecule has 0 fully saturated rings. The number of aromatic nitrogens is 1. The molecule has 0 spiro atoms. The molecule has 0 bridgehead atoms. The minimum Gasteiger partial charge on any atom is -0.467 e. The topological polar surface area (TPSA) is 48.4 Å². The van der Waals surface area contributed by atoms with E-state index in [1.165, 1.54) is 7.11 Å². The Bertz CT molecular complexity index is 287. The van der Waals surface area contributed by atoms with Gasteiger partial charge in [-0.3, -0.25) is 4.98 Å². The fourth-order valence-corrected chi connectivity index (χ4v) is 0.939. The number of methoxy groups -OCH3 is 1. The highest BCUT2D eigenvalue weighted by molar-refractivity contribution is 5.73. The molecule has 1 aromatic heterocycles. The van der Waals surface area contributed by atoms with E-state index in [2.05, 4.69) is 9.72 Å². The van der Waals surface area contributed by atoms with Gasteiger partial charge in [0.2, 0.25) is 0 Å². The van der Waals surface area contributed by atoms with Crippen molar-refractivity contribution in [1.82, 2.24) is 4.98 Å². The minimum absolute atomic E-state index is 0.365. The molecular weight excluding hydrogens is 182 g/mol. The Morgan fingerprint density at radius 1 is 1.64 bits per heavy atom. The molecule has 1 atom stereocenters. The SMILES string of the molecule is COC(=O)C(C)OCc1cccnc1. The van der Waals surface area contributed by atoms with Crippen LogP contribution in [0.15, 0.2) is 24.5 Å². The molecule has 0 aromatic carbocycles. The maximum absolute atomic E-state index is 11.0. The summed E-state index contributed by atoms with van der Waals surface area (Å²) in [4.78, 5) is 14.9. The molecule has 4 heteroatoms. The van der Waals surface area contributed by atoms with Crippen LogP contribution in [0.25, 0.3) is 0 Å². The van der Waals surface area contributed by atoms with Crippen molar-refractivity contribution in [2.75, 3.05) is 7.11 Å². The fourth-order valence-electron chi connectivity index (χ4n) is 0.939. The van der Waals surface area contributed by atoms with Gasteiger partial charge >= 0.3 is 5.97 Å². The Kier molecular flexibility index (Phi) is 4.07. The highest BCUT2D eigenvalue weighted by Crippen LogP contribution is 2.02. The first-order valence-electron chi connectivity index (χ1n) is 4.32. The van der Waals surface area contributed by atoms with Crippen LogP contribution in [0, 0.1) is 0 Å². The molecule has 0 aliphatic heterocycles. The molecule has 0 saturated carbocycles. The third-order valence-corrected chi connectivity index (χ3v) is 1.76. The number of pyridine rings is 1. The van der Waals surface area contributed by atoms with Gasteiger partial charge in [-0.25, -0.2) is 4.79 Å². The van der Waals surface area contributed by atoms with Crippen molar-refractivity contribution in [2.24, 2.45) is 0 Å². The molecule has 0 aliphatic rings. The average Bonchev–Trinajstić information content (AvgIpc) is 2.26. The molecule has 0 radical (unpaired) electrons. The monoisotopic (exact) mass is 195 g/mol. The van der Waals surface area contributed by atoms with Gasteiger partial charge in [-0.1, -0.05) is 6.07 Å². The van der Waals surface area contributed by atoms with Crippen LogP contribution in [-0.4, -0.2) is 24.2 Å².